The van der Waals surface area contributed by atoms with Gasteiger partial charge in [-0.05, 0) is 34.5 Å². The van der Waals surface area contributed by atoms with Crippen LogP contribution in [0.25, 0.3) is 10.1 Å². The lowest BCUT2D eigenvalue weighted by Crippen LogP contribution is -2.20. The van der Waals surface area contributed by atoms with Crippen LogP contribution in [0.1, 0.15) is 18.0 Å². The zero-order valence-electron chi connectivity index (χ0n) is 8.44. The van der Waals surface area contributed by atoms with Gasteiger partial charge in [0.05, 0.1) is 0 Å². The number of primary amides is 1. The molecule has 1 heterocycles. The van der Waals surface area contributed by atoms with Gasteiger partial charge in [0, 0.05) is 22.2 Å². The van der Waals surface area contributed by atoms with Crippen LogP contribution in [0.15, 0.2) is 23.6 Å². The molecule has 1 aromatic carbocycles. The Hall–Kier alpha value is -1.10. The maximum Gasteiger partial charge on any atom is 0.219 e. The highest BCUT2D eigenvalue weighted by molar-refractivity contribution is 7.17. The molecule has 0 saturated carbocycles. The van der Waals surface area contributed by atoms with Crippen molar-refractivity contribution in [3.63, 3.8) is 0 Å². The van der Waals surface area contributed by atoms with Gasteiger partial charge in [-0.1, -0.05) is 11.6 Å². The molecule has 16 heavy (non-hydrogen) atoms. The number of benzene rings is 1. The number of amides is 1. The Morgan fingerprint density at radius 2 is 2.25 bits per heavy atom. The molecule has 2 aromatic rings. The minimum Gasteiger partial charge on any atom is -0.370 e. The molecule has 0 aliphatic carbocycles. The molecule has 1 unspecified atom stereocenters. The Labute approximate surface area is 102 Å². The Bertz CT molecular complexity index is 538. The minimum atomic E-state index is -0.395. The van der Waals surface area contributed by atoms with Gasteiger partial charge in [0.15, 0.2) is 0 Å². The fraction of sp³-hybridized carbons (Fsp3) is 0.182. The third kappa shape index (κ3) is 2.19. The first-order chi connectivity index (χ1) is 7.58. The van der Waals surface area contributed by atoms with Gasteiger partial charge in [-0.2, -0.15) is 0 Å². The average Bonchev–Trinajstić information content (AvgIpc) is 2.59. The van der Waals surface area contributed by atoms with E-state index in [1.807, 2.05) is 23.6 Å². The van der Waals surface area contributed by atoms with Crippen molar-refractivity contribution in [2.75, 3.05) is 0 Å². The number of hydrogen-bond donors (Lipinski definition) is 2. The largest absolute Gasteiger partial charge is 0.370 e. The first kappa shape index (κ1) is 11.4. The molecule has 0 aliphatic heterocycles. The van der Waals surface area contributed by atoms with Crippen LogP contribution in [0.3, 0.4) is 0 Å². The van der Waals surface area contributed by atoms with E-state index in [-0.39, 0.29) is 12.5 Å². The van der Waals surface area contributed by atoms with Gasteiger partial charge in [0.2, 0.25) is 5.91 Å². The van der Waals surface area contributed by atoms with Crippen molar-refractivity contribution < 1.29 is 4.79 Å². The van der Waals surface area contributed by atoms with Crippen molar-refractivity contribution >= 4 is 38.9 Å². The summed E-state index contributed by atoms with van der Waals surface area (Å²) in [4.78, 5) is 10.8. The molecular formula is C11H11ClN2OS. The van der Waals surface area contributed by atoms with Gasteiger partial charge in [-0.15, -0.1) is 11.3 Å². The quantitative estimate of drug-likeness (QED) is 0.883. The first-order valence-electron chi connectivity index (χ1n) is 4.78. The van der Waals surface area contributed by atoms with E-state index in [0.717, 1.165) is 15.6 Å². The lowest BCUT2D eigenvalue weighted by molar-refractivity contribution is -0.118. The number of hydrogen-bond acceptors (Lipinski definition) is 3. The topological polar surface area (TPSA) is 69.1 Å². The number of fused-ring (bicyclic) bond motifs is 1. The van der Waals surface area contributed by atoms with Crippen LogP contribution in [0.2, 0.25) is 5.02 Å². The summed E-state index contributed by atoms with van der Waals surface area (Å²) in [6.45, 7) is 0. The summed E-state index contributed by atoms with van der Waals surface area (Å²) >= 11 is 7.52. The molecule has 0 bridgehead atoms. The molecule has 84 valence electrons. The van der Waals surface area contributed by atoms with Crippen LogP contribution < -0.4 is 11.5 Å². The Kier molecular flexibility index (Phi) is 3.14. The fourth-order valence-electron chi connectivity index (χ4n) is 1.63. The van der Waals surface area contributed by atoms with Gasteiger partial charge in [0.1, 0.15) is 0 Å². The Morgan fingerprint density at radius 3 is 2.94 bits per heavy atom. The molecule has 0 spiro atoms. The van der Waals surface area contributed by atoms with E-state index in [2.05, 4.69) is 0 Å². The van der Waals surface area contributed by atoms with Crippen LogP contribution in [0.5, 0.6) is 0 Å². The lowest BCUT2D eigenvalue weighted by Gasteiger charge is -2.08. The van der Waals surface area contributed by atoms with E-state index in [1.165, 1.54) is 0 Å². The Morgan fingerprint density at radius 1 is 1.50 bits per heavy atom. The van der Waals surface area contributed by atoms with Crippen molar-refractivity contribution in [2.24, 2.45) is 11.5 Å². The highest BCUT2D eigenvalue weighted by Gasteiger charge is 2.14. The molecule has 4 N–H and O–H groups in total. The summed E-state index contributed by atoms with van der Waals surface area (Å²) in [5.74, 6) is -0.395. The zero-order chi connectivity index (χ0) is 11.7. The molecule has 0 radical (unpaired) electrons. The van der Waals surface area contributed by atoms with Crippen molar-refractivity contribution in [1.82, 2.24) is 0 Å². The predicted molar refractivity (Wildman–Crippen MR) is 67.6 cm³/mol. The SMILES string of the molecule is NC(=O)CC(N)c1csc2ccc(Cl)cc12. The molecular weight excluding hydrogens is 244 g/mol. The van der Waals surface area contributed by atoms with Crippen molar-refractivity contribution in [2.45, 2.75) is 12.5 Å². The van der Waals surface area contributed by atoms with E-state index in [4.69, 9.17) is 23.1 Å². The van der Waals surface area contributed by atoms with E-state index in [9.17, 15) is 4.79 Å². The van der Waals surface area contributed by atoms with Crippen LogP contribution in [0, 0.1) is 0 Å². The second-order valence-corrected chi connectivity index (χ2v) is 4.96. The maximum atomic E-state index is 10.8. The molecule has 0 aliphatic rings. The fourth-order valence-corrected chi connectivity index (χ4v) is 2.81. The van der Waals surface area contributed by atoms with Gasteiger partial charge in [-0.25, -0.2) is 0 Å². The van der Waals surface area contributed by atoms with E-state index in [1.54, 1.807) is 11.3 Å². The number of nitrogens with two attached hydrogens (primary N) is 2. The summed E-state index contributed by atoms with van der Waals surface area (Å²) in [6.07, 6.45) is 0.151. The summed E-state index contributed by atoms with van der Waals surface area (Å²) in [6, 6.07) is 5.29. The smallest absolute Gasteiger partial charge is 0.219 e. The summed E-state index contributed by atoms with van der Waals surface area (Å²) in [7, 11) is 0. The zero-order valence-corrected chi connectivity index (χ0v) is 10.0. The minimum absolute atomic E-state index is 0.151. The second kappa shape index (κ2) is 4.41. The van der Waals surface area contributed by atoms with Crippen LogP contribution in [-0.4, -0.2) is 5.91 Å². The number of rotatable bonds is 3. The molecule has 1 atom stereocenters. The third-order valence-corrected chi connectivity index (χ3v) is 3.60. The van der Waals surface area contributed by atoms with E-state index < -0.39 is 5.91 Å². The normalized spacial score (nSPS) is 12.9. The molecule has 1 amide bonds. The average molecular weight is 255 g/mol. The number of thiophene rings is 1. The predicted octanol–water partition coefficient (Wildman–Crippen LogP) is 2.43. The maximum absolute atomic E-state index is 10.8. The summed E-state index contributed by atoms with van der Waals surface area (Å²) < 4.78 is 1.11. The van der Waals surface area contributed by atoms with Crippen LogP contribution in [0.4, 0.5) is 0 Å². The van der Waals surface area contributed by atoms with Crippen molar-refractivity contribution in [3.8, 4) is 0 Å². The standard InChI is InChI=1S/C11H11ClN2OS/c12-6-1-2-10-7(3-6)8(5-16-10)9(13)4-11(14)15/h1-3,5,9H,4,13H2,(H2,14,15). The number of halogens is 1. The highest BCUT2D eigenvalue weighted by Crippen LogP contribution is 2.32. The van der Waals surface area contributed by atoms with E-state index >= 15 is 0 Å². The lowest BCUT2D eigenvalue weighted by atomic mass is 10.0. The third-order valence-electron chi connectivity index (χ3n) is 2.39. The summed E-state index contributed by atoms with van der Waals surface area (Å²) in [5.41, 5.74) is 12.0. The summed E-state index contributed by atoms with van der Waals surface area (Å²) in [5, 5.41) is 3.62. The molecule has 1 aromatic heterocycles. The molecule has 0 fully saturated rings. The molecule has 3 nitrogen and oxygen atoms in total. The monoisotopic (exact) mass is 254 g/mol. The van der Waals surface area contributed by atoms with Gasteiger partial charge >= 0.3 is 0 Å². The van der Waals surface area contributed by atoms with E-state index in [0.29, 0.717) is 5.02 Å². The second-order valence-electron chi connectivity index (χ2n) is 3.61. The van der Waals surface area contributed by atoms with Crippen LogP contribution >= 0.6 is 22.9 Å². The van der Waals surface area contributed by atoms with Gasteiger partial charge < -0.3 is 11.5 Å². The number of carbonyl (C=O) groups excluding carboxylic acids is 1. The van der Waals surface area contributed by atoms with Crippen molar-refractivity contribution in [3.05, 3.63) is 34.2 Å². The first-order valence-corrected chi connectivity index (χ1v) is 6.04. The van der Waals surface area contributed by atoms with Gasteiger partial charge in [0.25, 0.3) is 0 Å². The molecule has 5 heteroatoms. The molecule has 2 rings (SSSR count). The highest BCUT2D eigenvalue weighted by atomic mass is 35.5. The number of carbonyl (C=O) groups is 1. The van der Waals surface area contributed by atoms with Crippen LogP contribution in [-0.2, 0) is 4.79 Å². The van der Waals surface area contributed by atoms with Crippen molar-refractivity contribution in [1.29, 1.82) is 0 Å². The Balaban J connectivity index is 2.44. The van der Waals surface area contributed by atoms with Gasteiger partial charge in [-0.3, -0.25) is 4.79 Å². The molecule has 0 saturated heterocycles.